The van der Waals surface area contributed by atoms with Gasteiger partial charge >= 0.3 is 11.9 Å². The Morgan fingerprint density at radius 2 is 1.90 bits per heavy atom. The number of benzene rings is 1. The third-order valence-corrected chi connectivity index (χ3v) is 4.17. The number of ether oxygens (including phenoxy) is 1. The van der Waals surface area contributed by atoms with Crippen LogP contribution in [0.1, 0.15) is 45.1 Å². The molecule has 0 amide bonds. The summed E-state index contributed by atoms with van der Waals surface area (Å²) in [7, 11) is 0. The van der Waals surface area contributed by atoms with E-state index in [1.807, 2.05) is 6.92 Å². The average Bonchev–Trinajstić information content (AvgIpc) is 2.44. The van der Waals surface area contributed by atoms with E-state index in [1.54, 1.807) is 31.2 Å². The van der Waals surface area contributed by atoms with E-state index in [0.29, 0.717) is 16.5 Å². The monoisotopic (exact) mass is 356 g/mol. The molecule has 0 saturated carbocycles. The van der Waals surface area contributed by atoms with Crippen molar-refractivity contribution in [1.29, 1.82) is 0 Å². The van der Waals surface area contributed by atoms with Gasteiger partial charge in [0.15, 0.2) is 5.41 Å². The Morgan fingerprint density at radius 3 is 2.43 bits per heavy atom. The smallest absolute Gasteiger partial charge is 0.328 e. The number of halogens is 1. The first-order valence-corrected chi connectivity index (χ1v) is 7.95. The van der Waals surface area contributed by atoms with Crippen LogP contribution in [0.15, 0.2) is 28.7 Å². The van der Waals surface area contributed by atoms with E-state index in [-0.39, 0.29) is 13.0 Å². The van der Waals surface area contributed by atoms with Crippen molar-refractivity contribution in [1.82, 2.24) is 0 Å². The molecule has 0 heterocycles. The van der Waals surface area contributed by atoms with Crippen molar-refractivity contribution in [2.75, 3.05) is 6.61 Å². The Bertz CT molecular complexity index is 501. The highest BCUT2D eigenvalue weighted by atomic mass is 79.9. The number of carbonyl (C=O) groups excluding carboxylic acids is 1. The largest absolute Gasteiger partial charge is 0.480 e. The molecule has 0 aliphatic carbocycles. The minimum absolute atomic E-state index is 0.159. The third-order valence-electron chi connectivity index (χ3n) is 3.48. The lowest BCUT2D eigenvalue weighted by Gasteiger charge is -2.28. The molecular weight excluding hydrogens is 336 g/mol. The molecule has 1 atom stereocenters. The molecule has 0 bridgehead atoms. The lowest BCUT2D eigenvalue weighted by molar-refractivity contribution is -0.162. The van der Waals surface area contributed by atoms with Crippen LogP contribution in [0.5, 0.6) is 0 Å². The summed E-state index contributed by atoms with van der Waals surface area (Å²) in [5.74, 6) is -1.86. The number of unbranched alkanes of at least 4 members (excludes halogenated alkanes) is 2. The van der Waals surface area contributed by atoms with Crippen molar-refractivity contribution in [2.45, 2.75) is 44.9 Å². The van der Waals surface area contributed by atoms with Gasteiger partial charge < -0.3 is 9.84 Å². The zero-order chi connectivity index (χ0) is 15.9. The molecule has 0 radical (unpaired) electrons. The average molecular weight is 357 g/mol. The SMILES string of the molecule is CCCCCC(C(=O)O)(C(=O)OCC)c1ccccc1Br. The van der Waals surface area contributed by atoms with Crippen LogP contribution in [-0.4, -0.2) is 23.7 Å². The molecule has 4 nitrogen and oxygen atoms in total. The summed E-state index contributed by atoms with van der Waals surface area (Å²) >= 11 is 3.36. The first kappa shape index (κ1) is 17.7. The van der Waals surface area contributed by atoms with E-state index in [1.165, 1.54) is 0 Å². The lowest BCUT2D eigenvalue weighted by Crippen LogP contribution is -2.45. The first-order valence-electron chi connectivity index (χ1n) is 7.16. The fourth-order valence-electron chi connectivity index (χ4n) is 2.36. The van der Waals surface area contributed by atoms with Crippen molar-refractivity contribution in [2.24, 2.45) is 0 Å². The Hall–Kier alpha value is -1.36. The van der Waals surface area contributed by atoms with Crippen molar-refractivity contribution in [3.63, 3.8) is 0 Å². The topological polar surface area (TPSA) is 63.6 Å². The van der Waals surface area contributed by atoms with Gasteiger partial charge in [-0.05, 0) is 25.0 Å². The van der Waals surface area contributed by atoms with Crippen molar-refractivity contribution < 1.29 is 19.4 Å². The summed E-state index contributed by atoms with van der Waals surface area (Å²) in [5.41, 5.74) is -1.20. The fraction of sp³-hybridized carbons (Fsp3) is 0.500. The second kappa shape index (κ2) is 8.17. The molecule has 1 rings (SSSR count). The predicted octanol–water partition coefficient (Wildman–Crippen LogP) is 3.91. The van der Waals surface area contributed by atoms with Gasteiger partial charge in [0.25, 0.3) is 0 Å². The van der Waals surface area contributed by atoms with Crippen LogP contribution in [0.25, 0.3) is 0 Å². The van der Waals surface area contributed by atoms with Crippen molar-refractivity contribution in [3.05, 3.63) is 34.3 Å². The molecule has 1 aromatic carbocycles. The second-order valence-corrected chi connectivity index (χ2v) is 5.72. The fourth-order valence-corrected chi connectivity index (χ4v) is 2.98. The highest BCUT2D eigenvalue weighted by Crippen LogP contribution is 2.37. The maximum absolute atomic E-state index is 12.4. The molecule has 1 N–H and O–H groups in total. The molecule has 0 spiro atoms. The van der Waals surface area contributed by atoms with E-state index < -0.39 is 17.4 Å². The molecule has 0 fully saturated rings. The maximum atomic E-state index is 12.4. The van der Waals surface area contributed by atoms with Crippen LogP contribution < -0.4 is 0 Å². The van der Waals surface area contributed by atoms with Gasteiger partial charge in [0, 0.05) is 4.47 Å². The lowest BCUT2D eigenvalue weighted by atomic mass is 9.76. The summed E-state index contributed by atoms with van der Waals surface area (Å²) in [5, 5.41) is 9.78. The normalized spacial score (nSPS) is 13.5. The maximum Gasteiger partial charge on any atom is 0.328 e. The molecule has 116 valence electrons. The molecule has 21 heavy (non-hydrogen) atoms. The summed E-state index contributed by atoms with van der Waals surface area (Å²) in [6.45, 7) is 3.87. The molecule has 0 aromatic heterocycles. The number of hydrogen-bond acceptors (Lipinski definition) is 3. The van der Waals surface area contributed by atoms with Crippen LogP contribution in [0.2, 0.25) is 0 Å². The highest BCUT2D eigenvalue weighted by molar-refractivity contribution is 9.10. The molecule has 0 saturated heterocycles. The highest BCUT2D eigenvalue weighted by Gasteiger charge is 2.49. The van der Waals surface area contributed by atoms with Crippen LogP contribution in [-0.2, 0) is 19.7 Å². The number of carboxylic acid groups (broad SMARTS) is 1. The third kappa shape index (κ3) is 3.84. The number of hydrogen-bond donors (Lipinski definition) is 1. The molecule has 0 aliphatic heterocycles. The standard InChI is InChI=1S/C16H21BrO4/c1-3-5-8-11-16(14(18)19,15(20)21-4-2)12-9-6-7-10-13(12)17/h6-7,9-10H,3-5,8,11H2,1-2H3,(H,18,19). The predicted molar refractivity (Wildman–Crippen MR) is 84.2 cm³/mol. The van der Waals surface area contributed by atoms with E-state index in [4.69, 9.17) is 4.74 Å². The molecule has 1 unspecified atom stereocenters. The minimum atomic E-state index is -1.65. The van der Waals surface area contributed by atoms with Gasteiger partial charge in [0.05, 0.1) is 6.61 Å². The summed E-state index contributed by atoms with van der Waals surface area (Å²) < 4.78 is 5.68. The van der Waals surface area contributed by atoms with Gasteiger partial charge in [-0.25, -0.2) is 0 Å². The number of aliphatic carboxylic acids is 1. The van der Waals surface area contributed by atoms with Gasteiger partial charge in [-0.1, -0.05) is 60.3 Å². The van der Waals surface area contributed by atoms with Crippen LogP contribution >= 0.6 is 15.9 Å². The van der Waals surface area contributed by atoms with Crippen LogP contribution in [0.4, 0.5) is 0 Å². The Labute approximate surface area is 133 Å². The molecular formula is C16H21BrO4. The van der Waals surface area contributed by atoms with Gasteiger partial charge in [0.2, 0.25) is 0 Å². The van der Waals surface area contributed by atoms with E-state index in [0.717, 1.165) is 12.8 Å². The van der Waals surface area contributed by atoms with Gasteiger partial charge in [-0.2, -0.15) is 0 Å². The van der Waals surface area contributed by atoms with Gasteiger partial charge in [0.1, 0.15) is 0 Å². The zero-order valence-corrected chi connectivity index (χ0v) is 14.0. The minimum Gasteiger partial charge on any atom is -0.480 e. The van der Waals surface area contributed by atoms with E-state index in [2.05, 4.69) is 15.9 Å². The van der Waals surface area contributed by atoms with Crippen molar-refractivity contribution in [3.8, 4) is 0 Å². The quantitative estimate of drug-likeness (QED) is 0.435. The number of rotatable bonds is 8. The van der Waals surface area contributed by atoms with Crippen molar-refractivity contribution >= 4 is 27.9 Å². The summed E-state index contributed by atoms with van der Waals surface area (Å²) in [6, 6.07) is 6.93. The number of carbonyl (C=O) groups is 2. The first-order chi connectivity index (χ1) is 10.0. The van der Waals surface area contributed by atoms with Crippen LogP contribution in [0.3, 0.4) is 0 Å². The summed E-state index contributed by atoms with van der Waals surface area (Å²) in [4.78, 5) is 24.4. The van der Waals surface area contributed by atoms with E-state index in [9.17, 15) is 14.7 Å². The second-order valence-electron chi connectivity index (χ2n) is 4.87. The number of carboxylic acids is 1. The van der Waals surface area contributed by atoms with Gasteiger partial charge in [-0.15, -0.1) is 0 Å². The zero-order valence-electron chi connectivity index (χ0n) is 12.4. The molecule has 1 aromatic rings. The Morgan fingerprint density at radius 1 is 1.24 bits per heavy atom. The van der Waals surface area contributed by atoms with Gasteiger partial charge in [-0.3, -0.25) is 9.59 Å². The Balaban J connectivity index is 3.33. The van der Waals surface area contributed by atoms with E-state index >= 15 is 0 Å². The summed E-state index contributed by atoms with van der Waals surface area (Å²) in [6.07, 6.45) is 2.72. The van der Waals surface area contributed by atoms with Crippen LogP contribution in [0, 0.1) is 0 Å². The number of esters is 1. The Kier molecular flexibility index (Phi) is 6.89. The molecule has 5 heteroatoms. The molecule has 0 aliphatic rings.